The highest BCUT2D eigenvalue weighted by atomic mass is 32.5. The second-order valence-corrected chi connectivity index (χ2v) is 18.0. The maximum atomic E-state index is 16.0. The molecule has 0 saturated carbocycles. The average Bonchev–Trinajstić information content (AvgIpc) is 3.70. The minimum Gasteiger partial charge on any atom is -0.481 e. The Morgan fingerprint density at radius 1 is 0.902 bits per heavy atom. The lowest BCUT2D eigenvalue weighted by Crippen LogP contribution is -2.64. The van der Waals surface area contributed by atoms with Crippen LogP contribution >= 0.6 is 14.5 Å². The summed E-state index contributed by atoms with van der Waals surface area (Å²) in [7, 11) is -5.78. The highest BCUT2D eigenvalue weighted by Gasteiger charge is 2.57. The predicted octanol–water partition coefficient (Wildman–Crippen LogP) is 0.611. The summed E-state index contributed by atoms with van der Waals surface area (Å²) in [6.07, 6.45) is -14.5. The van der Waals surface area contributed by atoms with Gasteiger partial charge in [0.1, 0.15) is 42.9 Å². The monoisotopic (exact) mass is 933 g/mol. The summed E-state index contributed by atoms with van der Waals surface area (Å²) in [5.41, 5.74) is 6.09. The summed E-state index contributed by atoms with van der Waals surface area (Å²) in [5.74, 6) is -5.08. The number of carboxylic acids is 1. The number of carbonyl (C=O) groups excluding carboxylic acids is 4. The Kier molecular flexibility index (Phi) is 17.9. The minimum absolute atomic E-state index is 0.00813. The Hall–Kier alpha value is -3.85. The largest absolute Gasteiger partial charge is 0.481 e. The second-order valence-electron chi connectivity index (χ2n) is 13.6. The molecule has 4 heterocycles. The number of ether oxygens (including phenoxy) is 6. The molecule has 2 aliphatic rings. The van der Waals surface area contributed by atoms with E-state index in [0.717, 1.165) is 27.1 Å². The van der Waals surface area contributed by atoms with Crippen LogP contribution in [0.2, 0.25) is 0 Å². The highest BCUT2D eigenvalue weighted by Crippen LogP contribution is 2.62. The number of carbonyl (C=O) groups is 5. The fraction of sp³-hybridized carbons (Fsp3) is 0.688. The molecule has 0 amide bonds. The molecule has 7 N–H and O–H groups in total. The van der Waals surface area contributed by atoms with Crippen LogP contribution in [0, 0.1) is 0 Å². The van der Waals surface area contributed by atoms with E-state index < -0.39 is 119 Å². The van der Waals surface area contributed by atoms with Crippen molar-refractivity contribution in [3.63, 3.8) is 0 Å². The molecule has 2 fully saturated rings. The minimum atomic E-state index is -5.78. The van der Waals surface area contributed by atoms with Crippen molar-refractivity contribution >= 4 is 73.2 Å². The van der Waals surface area contributed by atoms with Crippen LogP contribution in [0.5, 0.6) is 0 Å². The van der Waals surface area contributed by atoms with E-state index in [2.05, 4.69) is 15.0 Å². The number of aliphatic carboxylic acids is 1. The summed E-state index contributed by atoms with van der Waals surface area (Å²) >= 11 is 4.87. The van der Waals surface area contributed by atoms with Crippen LogP contribution in [0.25, 0.3) is 11.2 Å². The fourth-order valence-corrected chi connectivity index (χ4v) is 9.31. The number of halogens is 1. The van der Waals surface area contributed by atoms with E-state index in [4.69, 9.17) is 64.4 Å². The van der Waals surface area contributed by atoms with Gasteiger partial charge in [0.05, 0.1) is 12.9 Å². The number of fused-ring (bicyclic) bond motifs is 1. The van der Waals surface area contributed by atoms with Gasteiger partial charge in [0.15, 0.2) is 42.2 Å². The molecule has 2 aliphatic heterocycles. The molecule has 0 aliphatic carbocycles. The maximum absolute atomic E-state index is 16.0. The third-order valence-electron chi connectivity index (χ3n) is 8.81. The number of nitrogen functional groups attached to an aromatic ring is 1. The van der Waals surface area contributed by atoms with Crippen molar-refractivity contribution in [2.75, 3.05) is 18.9 Å². The number of rotatable bonds is 22. The van der Waals surface area contributed by atoms with Crippen molar-refractivity contribution in [3.05, 3.63) is 12.7 Å². The van der Waals surface area contributed by atoms with Gasteiger partial charge in [-0.3, -0.25) is 33.1 Å². The molecule has 25 nitrogen and oxygen atoms in total. The molecule has 0 aromatic carbocycles. The zero-order valence-corrected chi connectivity index (χ0v) is 35.3. The van der Waals surface area contributed by atoms with Crippen LogP contribution in [0.1, 0.15) is 71.9 Å². The zero-order chi connectivity index (χ0) is 45.2. The molecule has 0 bridgehead atoms. The van der Waals surface area contributed by atoms with Gasteiger partial charge in [0.25, 0.3) is 0 Å². The second kappa shape index (κ2) is 22.0. The van der Waals surface area contributed by atoms with Gasteiger partial charge in [-0.1, -0.05) is 19.3 Å². The number of aliphatic hydroxyl groups excluding tert-OH is 2. The lowest BCUT2D eigenvalue weighted by Gasteiger charge is -2.45. The van der Waals surface area contributed by atoms with Gasteiger partial charge >= 0.3 is 44.4 Å². The molecule has 342 valence electrons. The Morgan fingerprint density at radius 2 is 1.51 bits per heavy atom. The van der Waals surface area contributed by atoms with E-state index in [0.29, 0.717) is 32.1 Å². The number of aromatic nitrogens is 4. The van der Waals surface area contributed by atoms with Gasteiger partial charge in [-0.05, 0) is 24.6 Å². The van der Waals surface area contributed by atoms with Crippen molar-refractivity contribution in [2.45, 2.75) is 127 Å². The lowest BCUT2D eigenvalue weighted by molar-refractivity contribution is -0.296. The lowest BCUT2D eigenvalue weighted by atomic mass is 9.95. The van der Waals surface area contributed by atoms with Crippen LogP contribution in [0.15, 0.2) is 12.7 Å². The fourth-order valence-electron chi connectivity index (χ4n) is 6.22. The molecule has 61 heavy (non-hydrogen) atoms. The van der Waals surface area contributed by atoms with Crippen molar-refractivity contribution in [3.8, 4) is 0 Å². The number of phosphoric acid groups is 1. The number of nitrogens with two attached hydrogens (primary N) is 1. The van der Waals surface area contributed by atoms with Crippen LogP contribution in [-0.4, -0.2) is 143 Å². The SMILES string of the molecule is CC(=O)O[C@H]1[C@H](OC(C)=O)[C@@H]([C@@H](F)COC(=O)CCCCCCCC(=O)O)O[C@@H](OP(=O)(O)OP(O)(=S)OC[C@H]2O[C@@H](n3cnc4c(N)ncnc43)[C@H](O)[C@@H]2O)[C@H]1OC(C)=O. The first-order valence-electron chi connectivity index (χ1n) is 18.4. The molecule has 0 radical (unpaired) electrons. The van der Waals surface area contributed by atoms with Gasteiger partial charge in [0.2, 0.25) is 6.29 Å². The van der Waals surface area contributed by atoms with E-state index in [1.165, 1.54) is 10.9 Å². The van der Waals surface area contributed by atoms with Gasteiger partial charge < -0.3 is 63.8 Å². The Morgan fingerprint density at radius 3 is 2.15 bits per heavy atom. The number of hydrogen-bond acceptors (Lipinski definition) is 22. The Labute approximate surface area is 350 Å². The summed E-state index contributed by atoms with van der Waals surface area (Å²) in [5, 5.41) is 30.1. The number of unbranched alkanes of at least 4 members (excludes halogenated alkanes) is 4. The van der Waals surface area contributed by atoms with Gasteiger partial charge in [-0.15, -0.1) is 0 Å². The van der Waals surface area contributed by atoms with Crippen molar-refractivity contribution in [1.82, 2.24) is 19.5 Å². The zero-order valence-electron chi connectivity index (χ0n) is 32.7. The number of anilines is 1. The van der Waals surface area contributed by atoms with Crippen LogP contribution in [-0.2, 0) is 82.1 Å². The first-order valence-corrected chi connectivity index (χ1v) is 22.5. The van der Waals surface area contributed by atoms with Crippen molar-refractivity contribution < 1.29 is 99.8 Å². The number of hydrogen-bond donors (Lipinski definition) is 6. The molecule has 2 aromatic rings. The number of phosphoric ester groups is 1. The molecular formula is C32H46FN5O20P2S. The average molecular weight is 934 g/mol. The van der Waals surface area contributed by atoms with E-state index in [9.17, 15) is 48.5 Å². The highest BCUT2D eigenvalue weighted by molar-refractivity contribution is 8.08. The molecule has 2 aromatic heterocycles. The Balaban J connectivity index is 1.46. The first-order chi connectivity index (χ1) is 28.6. The van der Waals surface area contributed by atoms with Crippen LogP contribution in [0.4, 0.5) is 10.2 Å². The van der Waals surface area contributed by atoms with E-state index >= 15 is 4.39 Å². The third kappa shape index (κ3) is 14.3. The number of alkyl halides is 1. The molecule has 2 unspecified atom stereocenters. The predicted molar refractivity (Wildman–Crippen MR) is 201 cm³/mol. The van der Waals surface area contributed by atoms with Crippen molar-refractivity contribution in [1.29, 1.82) is 0 Å². The summed E-state index contributed by atoms with van der Waals surface area (Å²) in [6.45, 7) is -4.19. The van der Waals surface area contributed by atoms with Crippen LogP contribution in [0.3, 0.4) is 0 Å². The summed E-state index contributed by atoms with van der Waals surface area (Å²) < 4.78 is 77.3. The smallest absolute Gasteiger partial charge is 0.481 e. The van der Waals surface area contributed by atoms with E-state index in [1.807, 2.05) is 0 Å². The van der Waals surface area contributed by atoms with Crippen LogP contribution < -0.4 is 5.73 Å². The topological polar surface area (TPSA) is 356 Å². The van der Waals surface area contributed by atoms with E-state index in [-0.39, 0.29) is 29.8 Å². The molecule has 0 spiro atoms. The third-order valence-corrected chi connectivity index (χ3v) is 12.3. The van der Waals surface area contributed by atoms with Gasteiger partial charge in [0, 0.05) is 33.6 Å². The molecule has 2 saturated heterocycles. The number of esters is 4. The standard InChI is InChI=1S/C32H46FN5O20P2S/c1-15(39)52-26-25(18(33)11-50-21(44)10-8-6-4-5-7-9-20(42)43)56-32(28(54-17(3)41)27(26)53-16(2)40)57-59(47,48)58-60(49,61)51-12-19-23(45)24(46)31(55-19)38-14-37-22-29(34)35-13-36-30(22)38/h13-14,18-19,23-28,31-32,45-46H,4-12H2,1-3H3,(H,42,43)(H,47,48)(H,49,61)(H2,34,35,36)/t18-,19+,23+,24+,25+,26+,27-,28-,31+,32-,60?/m0/s1. The first kappa shape index (κ1) is 49.8. The number of aliphatic hydroxyl groups is 2. The van der Waals surface area contributed by atoms with Gasteiger partial charge in [-0.2, -0.15) is 0 Å². The molecule has 12 atom stereocenters. The molecular weight excluding hydrogens is 887 g/mol. The maximum Gasteiger partial charge on any atom is 0.481 e. The Bertz CT molecular complexity index is 1980. The number of nitrogens with zero attached hydrogens (tertiary/aromatic N) is 4. The van der Waals surface area contributed by atoms with E-state index in [1.54, 1.807) is 0 Å². The normalized spacial score (nSPS) is 27.6. The molecule has 4 rings (SSSR count). The summed E-state index contributed by atoms with van der Waals surface area (Å²) in [4.78, 5) is 93.1. The quantitative estimate of drug-likeness (QED) is 0.0408. The number of imidazole rings is 1. The van der Waals surface area contributed by atoms with Crippen molar-refractivity contribution in [2.24, 2.45) is 0 Å². The molecule has 29 heteroatoms. The van der Waals surface area contributed by atoms with Gasteiger partial charge in [-0.25, -0.2) is 28.2 Å². The number of carboxylic acid groups (broad SMARTS) is 1. The summed E-state index contributed by atoms with van der Waals surface area (Å²) in [6, 6.07) is 0.